The summed E-state index contributed by atoms with van der Waals surface area (Å²) in [4.78, 5) is 32.3. The lowest BCUT2D eigenvalue weighted by Gasteiger charge is -2.06. The zero-order valence-corrected chi connectivity index (χ0v) is 17.8. The van der Waals surface area contributed by atoms with Crippen molar-refractivity contribution in [2.24, 2.45) is 0 Å². The van der Waals surface area contributed by atoms with Crippen LogP contribution >= 0.6 is 0 Å². The number of rotatable bonds is 5. The number of carbonyl (C=O) groups is 2. The molecule has 0 saturated heterocycles. The molecule has 5 heteroatoms. The summed E-state index contributed by atoms with van der Waals surface area (Å²) in [5.74, 6) is -0.731. The van der Waals surface area contributed by atoms with Gasteiger partial charge < -0.3 is 9.97 Å². The minimum Gasteiger partial charge on any atom is -0.361 e. The Kier molecular flexibility index (Phi) is 4.47. The van der Waals surface area contributed by atoms with Crippen LogP contribution in [0.3, 0.4) is 0 Å². The van der Waals surface area contributed by atoms with Crippen molar-refractivity contribution in [2.75, 3.05) is 0 Å². The Morgan fingerprint density at radius 3 is 1.94 bits per heavy atom. The largest absolute Gasteiger partial charge is 0.361 e. The second-order valence-corrected chi connectivity index (χ2v) is 8.35. The number of hydrogen-bond donors (Lipinski definition) is 3. The van der Waals surface area contributed by atoms with Crippen LogP contribution in [0.25, 0.3) is 33.0 Å². The van der Waals surface area contributed by atoms with Gasteiger partial charge in [-0.2, -0.15) is 0 Å². The van der Waals surface area contributed by atoms with Gasteiger partial charge in [-0.25, -0.2) is 0 Å². The number of aryl methyl sites for hydroxylation is 2. The minimum atomic E-state index is -0.366. The van der Waals surface area contributed by atoms with E-state index in [4.69, 9.17) is 0 Å². The molecular formula is C28H21N3O2. The van der Waals surface area contributed by atoms with Crippen LogP contribution in [0.5, 0.6) is 0 Å². The number of imide groups is 1. The SMILES string of the molecule is O=C1NC(=O)C(c2c[nH]c3ccc(CCc4ccccc4)cc23)=C1c1c[nH]c2ccccc12. The molecule has 33 heavy (non-hydrogen) atoms. The first kappa shape index (κ1) is 19.3. The molecule has 0 fully saturated rings. The summed E-state index contributed by atoms with van der Waals surface area (Å²) < 4.78 is 0. The van der Waals surface area contributed by atoms with Gasteiger partial charge in [0.1, 0.15) is 0 Å². The molecule has 0 atom stereocenters. The van der Waals surface area contributed by atoms with E-state index in [1.807, 2.05) is 42.6 Å². The number of aromatic amines is 2. The molecule has 2 amide bonds. The molecule has 6 rings (SSSR count). The van der Waals surface area contributed by atoms with E-state index in [9.17, 15) is 9.59 Å². The normalized spacial score (nSPS) is 13.9. The molecule has 2 aromatic heterocycles. The highest BCUT2D eigenvalue weighted by Gasteiger charge is 2.34. The maximum absolute atomic E-state index is 13.0. The lowest BCUT2D eigenvalue weighted by molar-refractivity contribution is -0.122. The Morgan fingerprint density at radius 1 is 0.576 bits per heavy atom. The number of H-pyrrole nitrogens is 2. The molecule has 5 aromatic rings. The first-order valence-corrected chi connectivity index (χ1v) is 11.0. The number of aromatic nitrogens is 2. The molecule has 160 valence electrons. The third-order valence-electron chi connectivity index (χ3n) is 6.35. The highest BCUT2D eigenvalue weighted by atomic mass is 16.2. The van der Waals surface area contributed by atoms with Crippen molar-refractivity contribution < 1.29 is 9.59 Å². The van der Waals surface area contributed by atoms with Gasteiger partial charge >= 0.3 is 0 Å². The summed E-state index contributed by atoms with van der Waals surface area (Å²) in [5.41, 5.74) is 6.64. The topological polar surface area (TPSA) is 77.8 Å². The molecule has 0 spiro atoms. The molecule has 0 unspecified atom stereocenters. The summed E-state index contributed by atoms with van der Waals surface area (Å²) in [5, 5.41) is 4.36. The maximum atomic E-state index is 13.0. The smallest absolute Gasteiger partial charge is 0.259 e. The fourth-order valence-electron chi connectivity index (χ4n) is 4.71. The van der Waals surface area contributed by atoms with Crippen LogP contribution in [0, 0.1) is 0 Å². The predicted octanol–water partition coefficient (Wildman–Crippen LogP) is 5.00. The third-order valence-corrected chi connectivity index (χ3v) is 6.35. The molecule has 5 nitrogen and oxygen atoms in total. The van der Waals surface area contributed by atoms with Crippen LogP contribution in [-0.4, -0.2) is 21.8 Å². The van der Waals surface area contributed by atoms with E-state index in [1.54, 1.807) is 6.20 Å². The lowest BCUT2D eigenvalue weighted by atomic mass is 9.94. The molecule has 3 N–H and O–H groups in total. The summed E-state index contributed by atoms with van der Waals surface area (Å²) >= 11 is 0. The summed E-state index contributed by atoms with van der Waals surface area (Å²) in [6.07, 6.45) is 5.46. The van der Waals surface area contributed by atoms with E-state index in [1.165, 1.54) is 11.1 Å². The quantitative estimate of drug-likeness (QED) is 0.343. The van der Waals surface area contributed by atoms with Crippen LogP contribution in [-0.2, 0) is 22.4 Å². The van der Waals surface area contributed by atoms with Crippen LogP contribution in [0.2, 0.25) is 0 Å². The molecule has 1 aliphatic rings. The zero-order valence-electron chi connectivity index (χ0n) is 17.8. The maximum Gasteiger partial charge on any atom is 0.259 e. The van der Waals surface area contributed by atoms with Crippen molar-refractivity contribution >= 4 is 44.8 Å². The molecule has 3 heterocycles. The van der Waals surface area contributed by atoms with Gasteiger partial charge in [0.05, 0.1) is 11.1 Å². The fraction of sp³-hybridized carbons (Fsp3) is 0.0714. The molecule has 0 radical (unpaired) electrons. The third kappa shape index (κ3) is 3.26. The predicted molar refractivity (Wildman–Crippen MR) is 130 cm³/mol. The number of fused-ring (bicyclic) bond motifs is 2. The standard InChI is InChI=1S/C28H21N3O2/c32-27-25(21-15-29-23-9-5-4-8-19(21)23)26(28(33)31-27)22-16-30-24-13-12-18(14-20(22)24)11-10-17-6-2-1-3-7-17/h1-9,12-16,29-30H,10-11H2,(H,31,32,33). The number of nitrogens with one attached hydrogen (secondary N) is 3. The van der Waals surface area contributed by atoms with E-state index in [-0.39, 0.29) is 11.8 Å². The first-order chi connectivity index (χ1) is 16.2. The van der Waals surface area contributed by atoms with Crippen LogP contribution in [0.1, 0.15) is 22.3 Å². The van der Waals surface area contributed by atoms with Gasteiger partial charge in [-0.1, -0.05) is 54.6 Å². The van der Waals surface area contributed by atoms with Crippen molar-refractivity contribution in [2.45, 2.75) is 12.8 Å². The second-order valence-electron chi connectivity index (χ2n) is 8.35. The van der Waals surface area contributed by atoms with Gasteiger partial charge in [-0.3, -0.25) is 14.9 Å². The van der Waals surface area contributed by atoms with E-state index < -0.39 is 0 Å². The van der Waals surface area contributed by atoms with Crippen molar-refractivity contribution in [3.63, 3.8) is 0 Å². The van der Waals surface area contributed by atoms with Crippen LogP contribution in [0.4, 0.5) is 0 Å². The number of benzene rings is 3. The summed E-state index contributed by atoms with van der Waals surface area (Å²) in [7, 11) is 0. The van der Waals surface area contributed by atoms with E-state index in [2.05, 4.69) is 51.7 Å². The van der Waals surface area contributed by atoms with E-state index in [0.29, 0.717) is 11.1 Å². The summed E-state index contributed by atoms with van der Waals surface area (Å²) in [6, 6.07) is 24.5. The Hall–Kier alpha value is -4.38. The van der Waals surface area contributed by atoms with Gasteiger partial charge in [0.25, 0.3) is 11.8 Å². The van der Waals surface area contributed by atoms with Gasteiger partial charge in [-0.05, 0) is 42.2 Å². The Labute approximate surface area is 190 Å². The van der Waals surface area contributed by atoms with E-state index in [0.717, 1.165) is 45.8 Å². The van der Waals surface area contributed by atoms with Gasteiger partial charge in [0.2, 0.25) is 0 Å². The molecule has 0 aliphatic carbocycles. The summed E-state index contributed by atoms with van der Waals surface area (Å²) in [6.45, 7) is 0. The average molecular weight is 431 g/mol. The highest BCUT2D eigenvalue weighted by molar-refractivity contribution is 6.50. The van der Waals surface area contributed by atoms with Crippen molar-refractivity contribution in [1.82, 2.24) is 15.3 Å². The Bertz CT molecular complexity index is 1570. The zero-order chi connectivity index (χ0) is 22.4. The molecule has 0 bridgehead atoms. The Morgan fingerprint density at radius 2 is 1.18 bits per heavy atom. The number of amides is 2. The molecule has 0 saturated carbocycles. The number of hydrogen-bond acceptors (Lipinski definition) is 2. The van der Waals surface area contributed by atoms with Crippen LogP contribution in [0.15, 0.2) is 85.2 Å². The number of para-hydroxylation sites is 1. The van der Waals surface area contributed by atoms with Crippen molar-refractivity contribution in [1.29, 1.82) is 0 Å². The molecular weight excluding hydrogens is 410 g/mol. The highest BCUT2D eigenvalue weighted by Crippen LogP contribution is 2.37. The molecule has 3 aromatic carbocycles. The van der Waals surface area contributed by atoms with Gasteiger partial charge in [0, 0.05) is 45.3 Å². The van der Waals surface area contributed by atoms with Crippen molar-refractivity contribution in [3.05, 3.63) is 107 Å². The Balaban J connectivity index is 1.46. The van der Waals surface area contributed by atoms with Crippen LogP contribution < -0.4 is 5.32 Å². The fourth-order valence-corrected chi connectivity index (χ4v) is 4.71. The first-order valence-electron chi connectivity index (χ1n) is 11.0. The lowest BCUT2D eigenvalue weighted by Crippen LogP contribution is -2.22. The van der Waals surface area contributed by atoms with E-state index >= 15 is 0 Å². The number of carbonyl (C=O) groups excluding carboxylic acids is 2. The van der Waals surface area contributed by atoms with Gasteiger partial charge in [0.15, 0.2) is 0 Å². The van der Waals surface area contributed by atoms with Gasteiger partial charge in [-0.15, -0.1) is 0 Å². The van der Waals surface area contributed by atoms with Crippen molar-refractivity contribution in [3.8, 4) is 0 Å². The average Bonchev–Trinajstić information content (AvgIpc) is 3.52. The minimum absolute atomic E-state index is 0.365. The molecule has 1 aliphatic heterocycles. The second kappa shape index (κ2) is 7.64. The monoisotopic (exact) mass is 431 g/mol.